The van der Waals surface area contributed by atoms with Crippen LogP contribution in [-0.4, -0.2) is 29.1 Å². The van der Waals surface area contributed by atoms with Crippen LogP contribution in [0.15, 0.2) is 0 Å². The molecule has 14 heavy (non-hydrogen) atoms. The van der Waals surface area contributed by atoms with Crippen molar-refractivity contribution in [2.45, 2.75) is 46.1 Å². The maximum atomic E-state index is 5.37. The number of hydrogen-bond acceptors (Lipinski definition) is 1. The van der Waals surface area contributed by atoms with Gasteiger partial charge in [0.2, 0.25) is 0 Å². The highest BCUT2D eigenvalue weighted by molar-refractivity contribution is 7.80. The van der Waals surface area contributed by atoms with Crippen molar-refractivity contribution in [2.24, 2.45) is 5.92 Å². The van der Waals surface area contributed by atoms with Crippen molar-refractivity contribution in [3.8, 4) is 0 Å². The fraction of sp³-hybridized carbons (Fsp3) is 0.909. The third-order valence-corrected chi connectivity index (χ3v) is 3.18. The Bertz CT molecular complexity index is 190. The minimum atomic E-state index is 0.675. The predicted molar refractivity (Wildman–Crippen MR) is 65.5 cm³/mol. The van der Waals surface area contributed by atoms with E-state index in [0.717, 1.165) is 24.1 Å². The molecule has 0 saturated heterocycles. The molecule has 1 fully saturated rings. The summed E-state index contributed by atoms with van der Waals surface area (Å²) in [5.41, 5.74) is 0. The van der Waals surface area contributed by atoms with Crippen LogP contribution in [0.25, 0.3) is 0 Å². The van der Waals surface area contributed by atoms with Gasteiger partial charge in [-0.15, -0.1) is 0 Å². The van der Waals surface area contributed by atoms with Crippen molar-refractivity contribution < 1.29 is 0 Å². The third kappa shape index (κ3) is 3.82. The molecule has 1 saturated carbocycles. The first-order chi connectivity index (χ1) is 6.67. The predicted octanol–water partition coefficient (Wildman–Crippen LogP) is 2.39. The highest BCUT2D eigenvalue weighted by Gasteiger charge is 2.23. The van der Waals surface area contributed by atoms with Crippen LogP contribution in [0, 0.1) is 5.92 Å². The van der Waals surface area contributed by atoms with Gasteiger partial charge >= 0.3 is 0 Å². The summed E-state index contributed by atoms with van der Waals surface area (Å²) in [7, 11) is 0. The molecular weight excluding hydrogens is 192 g/mol. The zero-order valence-corrected chi connectivity index (χ0v) is 10.4. The smallest absolute Gasteiger partial charge is 0.169 e. The molecule has 1 aliphatic rings. The van der Waals surface area contributed by atoms with E-state index in [1.54, 1.807) is 0 Å². The molecule has 0 bridgehead atoms. The normalized spacial score (nSPS) is 17.6. The SMILES string of the molecule is CCC(C)CN(CC)C(=S)NC1CC1. The van der Waals surface area contributed by atoms with Gasteiger partial charge in [0, 0.05) is 19.1 Å². The Labute approximate surface area is 93.1 Å². The summed E-state index contributed by atoms with van der Waals surface area (Å²) in [6, 6.07) is 0.675. The number of hydrogen-bond donors (Lipinski definition) is 1. The van der Waals surface area contributed by atoms with Gasteiger partial charge in [-0.1, -0.05) is 20.3 Å². The second kappa shape index (κ2) is 5.54. The van der Waals surface area contributed by atoms with Gasteiger partial charge in [-0.2, -0.15) is 0 Å². The average molecular weight is 214 g/mol. The molecule has 0 radical (unpaired) electrons. The molecule has 1 aliphatic carbocycles. The van der Waals surface area contributed by atoms with E-state index >= 15 is 0 Å². The van der Waals surface area contributed by atoms with E-state index in [-0.39, 0.29) is 0 Å². The fourth-order valence-corrected chi connectivity index (χ4v) is 1.72. The summed E-state index contributed by atoms with van der Waals surface area (Å²) < 4.78 is 0. The number of nitrogens with one attached hydrogen (secondary N) is 1. The average Bonchev–Trinajstić information content (AvgIpc) is 2.97. The second-order valence-electron chi connectivity index (χ2n) is 4.28. The summed E-state index contributed by atoms with van der Waals surface area (Å²) in [5, 5.41) is 4.35. The minimum absolute atomic E-state index is 0.675. The summed E-state index contributed by atoms with van der Waals surface area (Å²) in [6.45, 7) is 8.79. The zero-order chi connectivity index (χ0) is 10.6. The van der Waals surface area contributed by atoms with Crippen molar-refractivity contribution in [1.82, 2.24) is 10.2 Å². The van der Waals surface area contributed by atoms with E-state index in [9.17, 15) is 0 Å². The Balaban J connectivity index is 2.30. The van der Waals surface area contributed by atoms with Crippen molar-refractivity contribution >= 4 is 17.3 Å². The number of thiocarbonyl (C=S) groups is 1. The lowest BCUT2D eigenvalue weighted by Gasteiger charge is -2.27. The third-order valence-electron chi connectivity index (χ3n) is 2.80. The highest BCUT2D eigenvalue weighted by Crippen LogP contribution is 2.19. The molecule has 0 aromatic heterocycles. The Morgan fingerprint density at radius 2 is 2.14 bits per heavy atom. The number of rotatable bonds is 5. The van der Waals surface area contributed by atoms with Gasteiger partial charge in [0.25, 0.3) is 0 Å². The van der Waals surface area contributed by atoms with E-state index in [0.29, 0.717) is 6.04 Å². The van der Waals surface area contributed by atoms with Crippen molar-refractivity contribution in [2.75, 3.05) is 13.1 Å². The lowest BCUT2D eigenvalue weighted by molar-refractivity contribution is 0.354. The van der Waals surface area contributed by atoms with Gasteiger partial charge in [0.1, 0.15) is 0 Å². The van der Waals surface area contributed by atoms with E-state index in [2.05, 4.69) is 31.0 Å². The summed E-state index contributed by atoms with van der Waals surface area (Å²) >= 11 is 5.37. The molecule has 82 valence electrons. The lowest BCUT2D eigenvalue weighted by Crippen LogP contribution is -2.42. The quantitative estimate of drug-likeness (QED) is 0.708. The Hall–Kier alpha value is -0.310. The molecule has 0 aromatic rings. The first-order valence-corrected chi connectivity index (χ1v) is 6.13. The van der Waals surface area contributed by atoms with Crippen LogP contribution in [0.4, 0.5) is 0 Å². The van der Waals surface area contributed by atoms with E-state index in [1.807, 2.05) is 0 Å². The van der Waals surface area contributed by atoms with Gasteiger partial charge in [0.15, 0.2) is 5.11 Å². The lowest BCUT2D eigenvalue weighted by atomic mass is 10.1. The Morgan fingerprint density at radius 1 is 1.50 bits per heavy atom. The monoisotopic (exact) mass is 214 g/mol. The molecular formula is C11H22N2S. The molecule has 1 unspecified atom stereocenters. The summed E-state index contributed by atoms with van der Waals surface area (Å²) in [5.74, 6) is 0.730. The molecule has 1 rings (SSSR count). The van der Waals surface area contributed by atoms with Crippen molar-refractivity contribution in [3.05, 3.63) is 0 Å². The van der Waals surface area contributed by atoms with Crippen LogP contribution in [0.2, 0.25) is 0 Å². The highest BCUT2D eigenvalue weighted by atomic mass is 32.1. The Kier molecular flexibility index (Phi) is 4.66. The molecule has 0 aromatic carbocycles. The topological polar surface area (TPSA) is 15.3 Å². The van der Waals surface area contributed by atoms with Gasteiger partial charge < -0.3 is 10.2 Å². The molecule has 2 nitrogen and oxygen atoms in total. The van der Waals surface area contributed by atoms with E-state index < -0.39 is 0 Å². The van der Waals surface area contributed by atoms with Gasteiger partial charge in [-0.05, 0) is 37.9 Å². The molecule has 0 aliphatic heterocycles. The molecule has 0 spiro atoms. The maximum Gasteiger partial charge on any atom is 0.169 e. The van der Waals surface area contributed by atoms with Crippen LogP contribution in [0.5, 0.6) is 0 Å². The first kappa shape index (κ1) is 11.8. The molecule has 1 atom stereocenters. The van der Waals surface area contributed by atoms with Crippen LogP contribution >= 0.6 is 12.2 Å². The van der Waals surface area contributed by atoms with Crippen molar-refractivity contribution in [3.63, 3.8) is 0 Å². The minimum Gasteiger partial charge on any atom is -0.360 e. The van der Waals surface area contributed by atoms with Crippen LogP contribution < -0.4 is 5.32 Å². The van der Waals surface area contributed by atoms with Crippen LogP contribution in [0.1, 0.15) is 40.0 Å². The molecule has 0 heterocycles. The molecule has 3 heteroatoms. The largest absolute Gasteiger partial charge is 0.360 e. The molecule has 0 amide bonds. The first-order valence-electron chi connectivity index (χ1n) is 5.72. The standard InChI is InChI=1S/C11H22N2S/c1-4-9(3)8-13(5-2)11(14)12-10-6-7-10/h9-10H,4-8H2,1-3H3,(H,12,14). The van der Waals surface area contributed by atoms with Gasteiger partial charge in [-0.25, -0.2) is 0 Å². The maximum absolute atomic E-state index is 5.37. The second-order valence-corrected chi connectivity index (χ2v) is 4.66. The van der Waals surface area contributed by atoms with Crippen LogP contribution in [-0.2, 0) is 0 Å². The summed E-state index contributed by atoms with van der Waals surface area (Å²) in [4.78, 5) is 2.28. The van der Waals surface area contributed by atoms with E-state index in [4.69, 9.17) is 12.2 Å². The van der Waals surface area contributed by atoms with Crippen LogP contribution in [0.3, 0.4) is 0 Å². The van der Waals surface area contributed by atoms with E-state index in [1.165, 1.54) is 19.3 Å². The van der Waals surface area contributed by atoms with Crippen molar-refractivity contribution in [1.29, 1.82) is 0 Å². The fourth-order valence-electron chi connectivity index (χ4n) is 1.35. The van der Waals surface area contributed by atoms with Gasteiger partial charge in [0.05, 0.1) is 0 Å². The molecule has 1 N–H and O–H groups in total. The van der Waals surface area contributed by atoms with Gasteiger partial charge in [-0.3, -0.25) is 0 Å². The summed E-state index contributed by atoms with van der Waals surface area (Å²) in [6.07, 6.45) is 3.81. The number of nitrogens with zero attached hydrogens (tertiary/aromatic N) is 1. The zero-order valence-electron chi connectivity index (χ0n) is 9.55. The Morgan fingerprint density at radius 3 is 2.57 bits per heavy atom.